The summed E-state index contributed by atoms with van der Waals surface area (Å²) in [6.45, 7) is 9.67. The number of nitrogens with zero attached hydrogens (tertiary/aromatic N) is 3. The zero-order valence-electron chi connectivity index (χ0n) is 16.4. The normalized spacial score (nSPS) is 22.9. The predicted molar refractivity (Wildman–Crippen MR) is 94.8 cm³/mol. The van der Waals surface area contributed by atoms with E-state index in [4.69, 9.17) is 9.15 Å². The molecule has 148 valence electrons. The van der Waals surface area contributed by atoms with Gasteiger partial charge < -0.3 is 19.4 Å². The quantitative estimate of drug-likeness (QED) is 0.809. The van der Waals surface area contributed by atoms with Crippen molar-refractivity contribution in [2.75, 3.05) is 13.1 Å². The van der Waals surface area contributed by atoms with Crippen molar-refractivity contribution < 1.29 is 23.5 Å². The van der Waals surface area contributed by atoms with E-state index in [0.717, 1.165) is 4.90 Å². The third-order valence-electron chi connectivity index (χ3n) is 4.60. The highest BCUT2D eigenvalue weighted by Crippen LogP contribution is 2.30. The summed E-state index contributed by atoms with van der Waals surface area (Å²) in [6.07, 6.45) is 1.46. The Hall–Kier alpha value is -2.58. The summed E-state index contributed by atoms with van der Waals surface area (Å²) in [5.74, 6) is 0.797. The zero-order valence-corrected chi connectivity index (χ0v) is 16.4. The number of oxazole rings is 1. The maximum atomic E-state index is 12.9. The Labute approximate surface area is 158 Å². The molecule has 3 rings (SSSR count). The van der Waals surface area contributed by atoms with E-state index in [-0.39, 0.29) is 24.9 Å². The number of likely N-dealkylation sites (tertiary alicyclic amines) is 1. The van der Waals surface area contributed by atoms with Crippen molar-refractivity contribution in [2.45, 2.75) is 64.6 Å². The SMILES string of the molecule is CC(C)c1cnc(CN2C(=O)N[C@]3(CCN(C(=O)OC(C)(C)C)C3)C2=O)o1. The first kappa shape index (κ1) is 19.2. The van der Waals surface area contributed by atoms with Gasteiger partial charge in [0.25, 0.3) is 5.91 Å². The van der Waals surface area contributed by atoms with Gasteiger partial charge in [0.1, 0.15) is 23.4 Å². The third kappa shape index (κ3) is 3.77. The second-order valence-corrected chi connectivity index (χ2v) is 8.37. The van der Waals surface area contributed by atoms with Gasteiger partial charge in [-0.25, -0.2) is 14.6 Å². The minimum atomic E-state index is -1.11. The number of nitrogens with one attached hydrogen (secondary N) is 1. The van der Waals surface area contributed by atoms with Crippen molar-refractivity contribution in [1.29, 1.82) is 0 Å². The molecule has 2 saturated heterocycles. The number of carbonyl (C=O) groups is 3. The Kier molecular flexibility index (Phi) is 4.65. The summed E-state index contributed by atoms with van der Waals surface area (Å²) >= 11 is 0. The lowest BCUT2D eigenvalue weighted by Crippen LogP contribution is -2.50. The number of amides is 4. The van der Waals surface area contributed by atoms with Crippen LogP contribution in [-0.2, 0) is 16.1 Å². The van der Waals surface area contributed by atoms with Crippen molar-refractivity contribution >= 4 is 18.0 Å². The average Bonchev–Trinajstić information content (AvgIpc) is 3.22. The number of ether oxygens (including phenoxy) is 1. The largest absolute Gasteiger partial charge is 0.444 e. The first-order valence-electron chi connectivity index (χ1n) is 9.07. The lowest BCUT2D eigenvalue weighted by molar-refractivity contribution is -0.131. The van der Waals surface area contributed by atoms with Crippen LogP contribution in [0.15, 0.2) is 10.6 Å². The fraction of sp³-hybridized carbons (Fsp3) is 0.667. The van der Waals surface area contributed by atoms with Gasteiger partial charge in [-0.3, -0.25) is 9.69 Å². The first-order chi connectivity index (χ1) is 12.5. The van der Waals surface area contributed by atoms with Crippen LogP contribution < -0.4 is 5.32 Å². The average molecular weight is 378 g/mol. The van der Waals surface area contributed by atoms with Crippen LogP contribution in [0, 0.1) is 0 Å². The van der Waals surface area contributed by atoms with Crippen molar-refractivity contribution in [3.63, 3.8) is 0 Å². The fourth-order valence-electron chi connectivity index (χ4n) is 3.19. The molecule has 9 nitrogen and oxygen atoms in total. The standard InChI is InChI=1S/C18H26N4O5/c1-11(2)12-8-19-13(26-12)9-22-14(23)18(20-15(22)24)6-7-21(10-18)16(25)27-17(3,4)5/h8,11H,6-7,9-10H2,1-5H3,(H,20,24)/t18-/m0/s1. The highest BCUT2D eigenvalue weighted by atomic mass is 16.6. The maximum Gasteiger partial charge on any atom is 0.410 e. The monoisotopic (exact) mass is 378 g/mol. The third-order valence-corrected chi connectivity index (χ3v) is 4.60. The molecule has 0 unspecified atom stereocenters. The molecule has 0 saturated carbocycles. The summed E-state index contributed by atoms with van der Waals surface area (Å²) in [5.41, 5.74) is -1.73. The Balaban J connectivity index is 1.69. The molecule has 2 aliphatic rings. The molecule has 1 atom stereocenters. The van der Waals surface area contributed by atoms with E-state index in [9.17, 15) is 14.4 Å². The fourth-order valence-corrected chi connectivity index (χ4v) is 3.19. The van der Waals surface area contributed by atoms with Gasteiger partial charge >= 0.3 is 12.1 Å². The summed E-state index contributed by atoms with van der Waals surface area (Å²) in [5, 5.41) is 2.75. The van der Waals surface area contributed by atoms with Crippen LogP contribution in [0.5, 0.6) is 0 Å². The number of imide groups is 1. The highest BCUT2D eigenvalue weighted by molar-refractivity contribution is 6.07. The Morgan fingerprint density at radius 1 is 1.41 bits per heavy atom. The molecule has 27 heavy (non-hydrogen) atoms. The van der Waals surface area contributed by atoms with Gasteiger partial charge in [-0.2, -0.15) is 0 Å². The summed E-state index contributed by atoms with van der Waals surface area (Å²) < 4.78 is 11.0. The van der Waals surface area contributed by atoms with Gasteiger partial charge in [-0.15, -0.1) is 0 Å². The molecule has 0 bridgehead atoms. The van der Waals surface area contributed by atoms with Crippen LogP contribution >= 0.6 is 0 Å². The maximum absolute atomic E-state index is 12.9. The minimum Gasteiger partial charge on any atom is -0.444 e. The van der Waals surface area contributed by atoms with Crippen LogP contribution in [0.4, 0.5) is 9.59 Å². The van der Waals surface area contributed by atoms with Gasteiger partial charge in [0.2, 0.25) is 5.89 Å². The second-order valence-electron chi connectivity index (χ2n) is 8.37. The van der Waals surface area contributed by atoms with E-state index in [1.807, 2.05) is 13.8 Å². The second kappa shape index (κ2) is 6.54. The molecule has 2 aliphatic heterocycles. The van der Waals surface area contributed by atoms with E-state index in [2.05, 4.69) is 10.3 Å². The molecule has 2 fully saturated rings. The molecule has 1 spiro atoms. The lowest BCUT2D eigenvalue weighted by Gasteiger charge is -2.25. The van der Waals surface area contributed by atoms with Crippen molar-refractivity contribution in [3.8, 4) is 0 Å². The molecule has 4 amide bonds. The molecule has 0 radical (unpaired) electrons. The van der Waals surface area contributed by atoms with Crippen molar-refractivity contribution in [3.05, 3.63) is 17.8 Å². The molecule has 1 N–H and O–H groups in total. The van der Waals surface area contributed by atoms with Crippen molar-refractivity contribution in [1.82, 2.24) is 20.1 Å². The highest BCUT2D eigenvalue weighted by Gasteiger charge is 2.56. The van der Waals surface area contributed by atoms with Crippen molar-refractivity contribution in [2.24, 2.45) is 0 Å². The summed E-state index contributed by atoms with van der Waals surface area (Å²) in [6, 6.07) is -0.504. The van der Waals surface area contributed by atoms with Crippen LogP contribution in [0.2, 0.25) is 0 Å². The Morgan fingerprint density at radius 2 is 2.11 bits per heavy atom. The minimum absolute atomic E-state index is 0.0361. The molecule has 1 aromatic rings. The predicted octanol–water partition coefficient (Wildman–Crippen LogP) is 2.23. The Morgan fingerprint density at radius 3 is 2.70 bits per heavy atom. The van der Waals surface area contributed by atoms with Gasteiger partial charge in [0.15, 0.2) is 0 Å². The van der Waals surface area contributed by atoms with E-state index in [1.165, 1.54) is 4.90 Å². The zero-order chi connectivity index (χ0) is 20.0. The van der Waals surface area contributed by atoms with E-state index >= 15 is 0 Å². The molecule has 9 heteroatoms. The topological polar surface area (TPSA) is 105 Å². The number of hydrogen-bond donors (Lipinski definition) is 1. The summed E-state index contributed by atoms with van der Waals surface area (Å²) in [4.78, 5) is 44.3. The number of rotatable bonds is 3. The van der Waals surface area contributed by atoms with Crippen LogP contribution in [0.3, 0.4) is 0 Å². The molecule has 0 aliphatic carbocycles. The smallest absolute Gasteiger partial charge is 0.410 e. The number of urea groups is 1. The molecular formula is C18H26N4O5. The molecule has 0 aromatic carbocycles. The Bertz CT molecular complexity index is 766. The van der Waals surface area contributed by atoms with Gasteiger partial charge in [-0.1, -0.05) is 13.8 Å². The lowest BCUT2D eigenvalue weighted by atomic mass is 9.99. The van der Waals surface area contributed by atoms with E-state index in [1.54, 1.807) is 27.0 Å². The van der Waals surface area contributed by atoms with Gasteiger partial charge in [0.05, 0.1) is 12.7 Å². The van der Waals surface area contributed by atoms with E-state index < -0.39 is 23.3 Å². The van der Waals surface area contributed by atoms with E-state index in [0.29, 0.717) is 24.6 Å². The summed E-state index contributed by atoms with van der Waals surface area (Å²) in [7, 11) is 0. The van der Waals surface area contributed by atoms with Gasteiger partial charge in [0, 0.05) is 12.5 Å². The molecule has 1 aromatic heterocycles. The first-order valence-corrected chi connectivity index (χ1v) is 9.07. The van der Waals surface area contributed by atoms with Crippen LogP contribution in [-0.4, -0.2) is 57.0 Å². The van der Waals surface area contributed by atoms with Crippen LogP contribution in [0.1, 0.15) is 58.6 Å². The number of aromatic nitrogens is 1. The van der Waals surface area contributed by atoms with Crippen LogP contribution in [0.25, 0.3) is 0 Å². The number of carbonyl (C=O) groups excluding carboxylic acids is 3. The number of hydrogen-bond acceptors (Lipinski definition) is 6. The van der Waals surface area contributed by atoms with Gasteiger partial charge in [-0.05, 0) is 27.2 Å². The molecule has 3 heterocycles. The molecular weight excluding hydrogens is 352 g/mol.